The molecule has 1 aliphatic rings. The molecule has 0 amide bonds. The first kappa shape index (κ1) is 18.7. The quantitative estimate of drug-likeness (QED) is 0.592. The second-order valence-electron chi connectivity index (χ2n) is 6.79. The molecule has 1 fully saturated rings. The summed E-state index contributed by atoms with van der Waals surface area (Å²) in [4.78, 5) is 9.07. The van der Waals surface area contributed by atoms with Gasteiger partial charge in [-0.15, -0.1) is 0 Å². The highest BCUT2D eigenvalue weighted by Crippen LogP contribution is 2.15. The highest BCUT2D eigenvalue weighted by Gasteiger charge is 2.22. The number of aliphatic imine (C=N–C) groups is 1. The Morgan fingerprint density at radius 1 is 1.21 bits per heavy atom. The Balaban J connectivity index is 1.77. The van der Waals surface area contributed by atoms with E-state index in [1.54, 1.807) is 0 Å². The van der Waals surface area contributed by atoms with Crippen LogP contribution < -0.4 is 10.6 Å². The summed E-state index contributed by atoms with van der Waals surface area (Å²) >= 11 is 0. The van der Waals surface area contributed by atoms with Gasteiger partial charge >= 0.3 is 0 Å². The molecule has 134 valence electrons. The molecule has 5 nitrogen and oxygen atoms in total. The highest BCUT2D eigenvalue weighted by atomic mass is 15.2. The summed E-state index contributed by atoms with van der Waals surface area (Å²) in [6.07, 6.45) is 2.59. The monoisotopic (exact) mass is 331 g/mol. The average molecular weight is 332 g/mol. The molecular weight excluding hydrogens is 298 g/mol. The topological polar surface area (TPSA) is 42.9 Å². The summed E-state index contributed by atoms with van der Waals surface area (Å²) in [5, 5.41) is 6.89. The van der Waals surface area contributed by atoms with Crippen LogP contribution in [0.4, 0.5) is 0 Å². The van der Waals surface area contributed by atoms with Gasteiger partial charge in [-0.25, -0.2) is 0 Å². The molecule has 1 aromatic carbocycles. The van der Waals surface area contributed by atoms with Gasteiger partial charge in [0.2, 0.25) is 0 Å². The van der Waals surface area contributed by atoms with E-state index in [4.69, 9.17) is 0 Å². The normalized spacial score (nSPS) is 19.0. The number of likely N-dealkylation sites (tertiary alicyclic amines) is 1. The molecule has 0 spiro atoms. The van der Waals surface area contributed by atoms with Crippen molar-refractivity contribution in [2.45, 2.75) is 38.9 Å². The van der Waals surface area contributed by atoms with E-state index in [-0.39, 0.29) is 0 Å². The molecule has 0 aliphatic carbocycles. The van der Waals surface area contributed by atoms with Crippen molar-refractivity contribution < 1.29 is 0 Å². The van der Waals surface area contributed by atoms with Crippen molar-refractivity contribution >= 4 is 5.96 Å². The third-order valence-electron chi connectivity index (χ3n) is 4.62. The minimum atomic E-state index is 0.638. The van der Waals surface area contributed by atoms with Gasteiger partial charge in [0.05, 0.1) is 0 Å². The molecule has 2 rings (SSSR count). The maximum absolute atomic E-state index is 4.34. The smallest absolute Gasteiger partial charge is 0.191 e. The van der Waals surface area contributed by atoms with Gasteiger partial charge in [-0.1, -0.05) is 31.2 Å². The van der Waals surface area contributed by atoms with Crippen LogP contribution in [0, 0.1) is 0 Å². The summed E-state index contributed by atoms with van der Waals surface area (Å²) < 4.78 is 0. The fourth-order valence-corrected chi connectivity index (χ4v) is 3.29. The molecule has 0 aromatic heterocycles. The first-order valence-corrected chi connectivity index (χ1v) is 9.03. The van der Waals surface area contributed by atoms with Crippen LogP contribution in [0.2, 0.25) is 0 Å². The van der Waals surface area contributed by atoms with Crippen LogP contribution in [0.5, 0.6) is 0 Å². The van der Waals surface area contributed by atoms with Gasteiger partial charge in [0.25, 0.3) is 0 Å². The van der Waals surface area contributed by atoms with Crippen molar-refractivity contribution in [3.05, 3.63) is 35.4 Å². The number of hydrogen-bond donors (Lipinski definition) is 2. The first-order valence-electron chi connectivity index (χ1n) is 9.03. The summed E-state index contributed by atoms with van der Waals surface area (Å²) in [5.74, 6) is 0.885. The summed E-state index contributed by atoms with van der Waals surface area (Å²) in [5.41, 5.74) is 2.61. The van der Waals surface area contributed by atoms with Crippen molar-refractivity contribution in [1.82, 2.24) is 20.4 Å². The minimum absolute atomic E-state index is 0.638. The SMILES string of the molecule is CCN1CCCC1CNC(=NC)NCc1ccc(CN(C)C)cc1. The van der Waals surface area contributed by atoms with Crippen LogP contribution in [0.15, 0.2) is 29.3 Å². The van der Waals surface area contributed by atoms with E-state index in [2.05, 4.69) is 70.7 Å². The third-order valence-corrected chi connectivity index (χ3v) is 4.62. The highest BCUT2D eigenvalue weighted by molar-refractivity contribution is 5.79. The lowest BCUT2D eigenvalue weighted by atomic mass is 10.1. The van der Waals surface area contributed by atoms with Gasteiger partial charge in [-0.3, -0.25) is 9.89 Å². The van der Waals surface area contributed by atoms with Crippen molar-refractivity contribution in [3.8, 4) is 0 Å². The summed E-state index contributed by atoms with van der Waals surface area (Å²) in [6.45, 7) is 7.35. The number of benzene rings is 1. The molecule has 2 N–H and O–H groups in total. The number of guanidine groups is 1. The van der Waals surface area contributed by atoms with E-state index < -0.39 is 0 Å². The largest absolute Gasteiger partial charge is 0.355 e. The number of nitrogens with zero attached hydrogens (tertiary/aromatic N) is 3. The molecule has 1 unspecified atom stereocenters. The predicted octanol–water partition coefficient (Wildman–Crippen LogP) is 1.90. The molecule has 0 radical (unpaired) electrons. The lowest BCUT2D eigenvalue weighted by molar-refractivity contribution is 0.267. The van der Waals surface area contributed by atoms with Gasteiger partial charge in [-0.05, 0) is 51.2 Å². The first-order chi connectivity index (χ1) is 11.6. The van der Waals surface area contributed by atoms with Gasteiger partial charge in [0, 0.05) is 32.7 Å². The second kappa shape index (κ2) is 9.64. The zero-order valence-electron chi connectivity index (χ0n) is 15.7. The number of nitrogens with one attached hydrogen (secondary N) is 2. The number of rotatable bonds is 7. The van der Waals surface area contributed by atoms with Gasteiger partial charge in [0.15, 0.2) is 5.96 Å². The molecule has 1 aliphatic heterocycles. The van der Waals surface area contributed by atoms with E-state index in [0.717, 1.165) is 32.1 Å². The van der Waals surface area contributed by atoms with Gasteiger partial charge < -0.3 is 15.5 Å². The Morgan fingerprint density at radius 2 is 1.92 bits per heavy atom. The van der Waals surface area contributed by atoms with Crippen molar-refractivity contribution in [2.75, 3.05) is 40.8 Å². The predicted molar refractivity (Wildman–Crippen MR) is 102 cm³/mol. The van der Waals surface area contributed by atoms with Crippen molar-refractivity contribution in [3.63, 3.8) is 0 Å². The fraction of sp³-hybridized carbons (Fsp3) is 0.632. The van der Waals surface area contributed by atoms with E-state index in [9.17, 15) is 0 Å². The van der Waals surface area contributed by atoms with Gasteiger partial charge in [-0.2, -0.15) is 0 Å². The Bertz CT molecular complexity index is 509. The van der Waals surface area contributed by atoms with Crippen LogP contribution in [0.3, 0.4) is 0 Å². The van der Waals surface area contributed by atoms with Crippen LogP contribution in [-0.4, -0.2) is 62.6 Å². The second-order valence-corrected chi connectivity index (χ2v) is 6.79. The van der Waals surface area contributed by atoms with E-state index in [1.807, 2.05) is 7.05 Å². The maximum Gasteiger partial charge on any atom is 0.191 e. The molecule has 1 atom stereocenters. The molecule has 0 saturated carbocycles. The number of hydrogen-bond acceptors (Lipinski definition) is 3. The molecule has 1 heterocycles. The Kier molecular flexibility index (Phi) is 7.53. The van der Waals surface area contributed by atoms with E-state index in [0.29, 0.717) is 6.04 Å². The van der Waals surface area contributed by atoms with Crippen LogP contribution in [0.25, 0.3) is 0 Å². The third kappa shape index (κ3) is 5.80. The molecule has 5 heteroatoms. The van der Waals surface area contributed by atoms with Crippen LogP contribution in [-0.2, 0) is 13.1 Å². The van der Waals surface area contributed by atoms with Crippen molar-refractivity contribution in [2.24, 2.45) is 4.99 Å². The molecule has 24 heavy (non-hydrogen) atoms. The molecule has 0 bridgehead atoms. The lowest BCUT2D eigenvalue weighted by Crippen LogP contribution is -2.44. The van der Waals surface area contributed by atoms with Crippen LogP contribution in [0.1, 0.15) is 30.9 Å². The standard InChI is InChI=1S/C19H33N5/c1-5-24-12-6-7-18(24)14-22-19(20-2)21-13-16-8-10-17(11-9-16)15-23(3)4/h8-11,18H,5-7,12-15H2,1-4H3,(H2,20,21,22). The maximum atomic E-state index is 4.34. The zero-order chi connectivity index (χ0) is 17.4. The van der Waals surface area contributed by atoms with Gasteiger partial charge in [0.1, 0.15) is 0 Å². The Hall–Kier alpha value is -1.59. The lowest BCUT2D eigenvalue weighted by Gasteiger charge is -2.24. The minimum Gasteiger partial charge on any atom is -0.355 e. The zero-order valence-corrected chi connectivity index (χ0v) is 15.7. The molecule has 1 saturated heterocycles. The Labute approximate surface area is 147 Å². The van der Waals surface area contributed by atoms with Crippen LogP contribution >= 0.6 is 0 Å². The number of likely N-dealkylation sites (N-methyl/N-ethyl adjacent to an activating group) is 1. The summed E-state index contributed by atoms with van der Waals surface area (Å²) in [7, 11) is 6.02. The van der Waals surface area contributed by atoms with E-state index in [1.165, 1.54) is 30.5 Å². The fourth-order valence-electron chi connectivity index (χ4n) is 3.29. The van der Waals surface area contributed by atoms with E-state index >= 15 is 0 Å². The molecular formula is C19H33N5. The van der Waals surface area contributed by atoms with Crippen molar-refractivity contribution in [1.29, 1.82) is 0 Å². The average Bonchev–Trinajstić information content (AvgIpc) is 3.03. The summed E-state index contributed by atoms with van der Waals surface area (Å²) in [6, 6.07) is 9.42. The molecule has 1 aromatic rings. The Morgan fingerprint density at radius 3 is 2.54 bits per heavy atom.